The van der Waals surface area contributed by atoms with Gasteiger partial charge in [0.05, 0.1) is 11.2 Å². The maximum Gasteiger partial charge on any atom is 0.163 e. The molecule has 0 saturated heterocycles. The van der Waals surface area contributed by atoms with E-state index in [2.05, 4.69) is 4.98 Å². The summed E-state index contributed by atoms with van der Waals surface area (Å²) in [6.45, 7) is 0.471. The molecule has 1 aliphatic carbocycles. The third kappa shape index (κ3) is 4.17. The van der Waals surface area contributed by atoms with Gasteiger partial charge in [-0.1, -0.05) is 32.1 Å². The van der Waals surface area contributed by atoms with Crippen molar-refractivity contribution in [1.29, 1.82) is 0 Å². The van der Waals surface area contributed by atoms with Gasteiger partial charge in [-0.25, -0.2) is 4.98 Å². The summed E-state index contributed by atoms with van der Waals surface area (Å²) in [6, 6.07) is 7.50. The molecule has 0 spiro atoms. The first-order valence-corrected chi connectivity index (χ1v) is 8.88. The lowest BCUT2D eigenvalue weighted by Crippen LogP contribution is -2.12. The summed E-state index contributed by atoms with van der Waals surface area (Å²) in [7, 11) is 0. The minimum atomic E-state index is 0.262. The summed E-state index contributed by atoms with van der Waals surface area (Å²) in [5.41, 5.74) is 3.53. The van der Waals surface area contributed by atoms with Crippen molar-refractivity contribution in [3.63, 3.8) is 0 Å². The van der Waals surface area contributed by atoms with Crippen LogP contribution < -0.4 is 4.74 Å². The predicted molar refractivity (Wildman–Crippen MR) is 88.4 cm³/mol. The fraction of sp³-hybridized carbons (Fsp3) is 0.444. The number of benzene rings is 1. The van der Waals surface area contributed by atoms with Gasteiger partial charge in [0.2, 0.25) is 0 Å². The van der Waals surface area contributed by atoms with Crippen molar-refractivity contribution >= 4 is 17.1 Å². The Labute approximate surface area is 135 Å². The van der Waals surface area contributed by atoms with Crippen LogP contribution in [0.2, 0.25) is 0 Å². The molecule has 0 unspecified atom stereocenters. The van der Waals surface area contributed by atoms with Crippen LogP contribution in [-0.4, -0.2) is 10.8 Å². The van der Waals surface area contributed by atoms with Crippen LogP contribution in [-0.2, 0) is 6.61 Å². The molecule has 3 nitrogen and oxygen atoms in total. The molecule has 1 heterocycles. The van der Waals surface area contributed by atoms with Gasteiger partial charge in [0, 0.05) is 17.4 Å². The molecular formula is C18H21NO2S. The van der Waals surface area contributed by atoms with E-state index in [1.807, 2.05) is 29.6 Å². The topological polar surface area (TPSA) is 39.2 Å². The molecule has 4 heteroatoms. The quantitative estimate of drug-likeness (QED) is 0.713. The van der Waals surface area contributed by atoms with E-state index in [1.54, 1.807) is 16.8 Å². The molecule has 0 N–H and O–H groups in total. The van der Waals surface area contributed by atoms with Crippen LogP contribution in [0.1, 0.15) is 54.6 Å². The fourth-order valence-electron chi connectivity index (χ4n) is 2.97. The minimum Gasteiger partial charge on any atom is -0.487 e. The van der Waals surface area contributed by atoms with Crippen LogP contribution >= 0.6 is 11.3 Å². The first kappa shape index (κ1) is 15.2. The Kier molecular flexibility index (Phi) is 5.22. The lowest BCUT2D eigenvalue weighted by Gasteiger charge is -2.20. The summed E-state index contributed by atoms with van der Waals surface area (Å²) < 4.78 is 5.67. The summed E-state index contributed by atoms with van der Waals surface area (Å²) >= 11 is 1.56. The largest absolute Gasteiger partial charge is 0.487 e. The van der Waals surface area contributed by atoms with Crippen molar-refractivity contribution in [2.75, 3.05) is 0 Å². The van der Waals surface area contributed by atoms with E-state index < -0.39 is 0 Å². The van der Waals surface area contributed by atoms with Crippen molar-refractivity contribution in [3.8, 4) is 5.75 Å². The Morgan fingerprint density at radius 3 is 2.64 bits per heavy atom. The van der Waals surface area contributed by atoms with Gasteiger partial charge >= 0.3 is 0 Å². The molecule has 1 fully saturated rings. The highest BCUT2D eigenvalue weighted by atomic mass is 32.1. The normalized spacial score (nSPS) is 15.6. The van der Waals surface area contributed by atoms with Crippen molar-refractivity contribution in [1.82, 2.24) is 4.98 Å². The SMILES string of the molecule is O=C(CC1CCCCC1)c1ccc(OCc2cscn2)cc1. The van der Waals surface area contributed by atoms with Gasteiger partial charge in [-0.15, -0.1) is 11.3 Å². The highest BCUT2D eigenvalue weighted by Gasteiger charge is 2.17. The monoisotopic (exact) mass is 315 g/mol. The number of ketones is 1. The van der Waals surface area contributed by atoms with Gasteiger partial charge < -0.3 is 4.74 Å². The summed E-state index contributed by atoms with van der Waals surface area (Å²) in [6.07, 6.45) is 7.00. The molecule has 22 heavy (non-hydrogen) atoms. The molecule has 1 aliphatic rings. The summed E-state index contributed by atoms with van der Waals surface area (Å²) in [4.78, 5) is 16.5. The number of rotatable bonds is 6. The third-order valence-corrected chi connectivity index (χ3v) is 4.88. The van der Waals surface area contributed by atoms with Crippen LogP contribution in [0, 0.1) is 5.92 Å². The number of ether oxygens (including phenoxy) is 1. The number of hydrogen-bond acceptors (Lipinski definition) is 4. The lowest BCUT2D eigenvalue weighted by molar-refractivity contribution is 0.0950. The van der Waals surface area contributed by atoms with Crippen LogP contribution in [0.25, 0.3) is 0 Å². The second-order valence-electron chi connectivity index (χ2n) is 5.92. The minimum absolute atomic E-state index is 0.262. The number of nitrogens with zero attached hydrogens (tertiary/aromatic N) is 1. The van der Waals surface area contributed by atoms with E-state index in [4.69, 9.17) is 4.74 Å². The molecule has 0 radical (unpaired) electrons. The molecule has 116 valence electrons. The van der Waals surface area contributed by atoms with Crippen molar-refractivity contribution in [2.45, 2.75) is 45.1 Å². The van der Waals surface area contributed by atoms with Crippen molar-refractivity contribution in [3.05, 3.63) is 46.4 Å². The molecule has 0 amide bonds. The summed E-state index contributed by atoms with van der Waals surface area (Å²) in [5, 5.41) is 1.97. The average Bonchev–Trinajstić information content (AvgIpc) is 3.08. The molecule has 1 saturated carbocycles. The number of Topliss-reactive ketones (excluding diaryl/α,β-unsaturated/α-hetero) is 1. The number of thiazole rings is 1. The Morgan fingerprint density at radius 2 is 1.95 bits per heavy atom. The van der Waals surface area contributed by atoms with Crippen molar-refractivity contribution in [2.24, 2.45) is 5.92 Å². The van der Waals surface area contributed by atoms with E-state index in [0.29, 0.717) is 18.9 Å². The maximum atomic E-state index is 12.3. The number of aromatic nitrogens is 1. The van der Waals surface area contributed by atoms with E-state index in [9.17, 15) is 4.79 Å². The lowest BCUT2D eigenvalue weighted by atomic mass is 9.85. The van der Waals surface area contributed by atoms with Gasteiger partial charge in [0.15, 0.2) is 5.78 Å². The predicted octanol–water partition coefficient (Wildman–Crippen LogP) is 4.88. The second-order valence-corrected chi connectivity index (χ2v) is 6.64. The number of carbonyl (C=O) groups is 1. The van der Waals surface area contributed by atoms with Crippen LogP contribution in [0.15, 0.2) is 35.2 Å². The molecular weight excluding hydrogens is 294 g/mol. The smallest absolute Gasteiger partial charge is 0.163 e. The first-order chi connectivity index (χ1) is 10.8. The number of hydrogen-bond donors (Lipinski definition) is 0. The van der Waals surface area contributed by atoms with Gasteiger partial charge in [0.25, 0.3) is 0 Å². The van der Waals surface area contributed by atoms with Gasteiger partial charge in [-0.3, -0.25) is 4.79 Å². The zero-order valence-corrected chi connectivity index (χ0v) is 13.5. The zero-order valence-electron chi connectivity index (χ0n) is 12.7. The summed E-state index contributed by atoms with van der Waals surface area (Å²) in [5.74, 6) is 1.63. The van der Waals surface area contributed by atoms with Gasteiger partial charge in [0.1, 0.15) is 12.4 Å². The Morgan fingerprint density at radius 1 is 1.18 bits per heavy atom. The van der Waals surface area contributed by atoms with Crippen LogP contribution in [0.4, 0.5) is 0 Å². The van der Waals surface area contributed by atoms with Crippen molar-refractivity contribution < 1.29 is 9.53 Å². The maximum absolute atomic E-state index is 12.3. The Hall–Kier alpha value is -1.68. The van der Waals surface area contributed by atoms with Crippen LogP contribution in [0.3, 0.4) is 0 Å². The van der Waals surface area contributed by atoms with Gasteiger partial charge in [-0.2, -0.15) is 0 Å². The zero-order chi connectivity index (χ0) is 15.2. The molecule has 2 aromatic rings. The van der Waals surface area contributed by atoms with E-state index in [-0.39, 0.29) is 5.78 Å². The average molecular weight is 315 g/mol. The van der Waals surface area contributed by atoms with E-state index >= 15 is 0 Å². The fourth-order valence-corrected chi connectivity index (χ4v) is 3.52. The van der Waals surface area contributed by atoms with Gasteiger partial charge in [-0.05, 0) is 30.2 Å². The highest BCUT2D eigenvalue weighted by molar-refractivity contribution is 7.07. The molecule has 0 aliphatic heterocycles. The number of carbonyl (C=O) groups excluding carboxylic acids is 1. The first-order valence-electron chi connectivity index (χ1n) is 7.94. The molecule has 1 aromatic carbocycles. The molecule has 0 bridgehead atoms. The molecule has 1 aromatic heterocycles. The third-order valence-electron chi connectivity index (χ3n) is 4.25. The molecule has 3 rings (SSSR count). The Bertz CT molecular complexity index is 586. The second kappa shape index (κ2) is 7.54. The molecule has 0 atom stereocenters. The standard InChI is InChI=1S/C18H21NO2S/c20-18(10-14-4-2-1-3-5-14)15-6-8-17(9-7-15)21-11-16-12-22-13-19-16/h6-9,12-14H,1-5,10-11H2. The van der Waals surface area contributed by atoms with E-state index in [0.717, 1.165) is 17.0 Å². The Balaban J connectivity index is 1.52. The van der Waals surface area contributed by atoms with Crippen LogP contribution in [0.5, 0.6) is 5.75 Å². The highest BCUT2D eigenvalue weighted by Crippen LogP contribution is 2.27. The van der Waals surface area contributed by atoms with E-state index in [1.165, 1.54) is 32.1 Å².